The average Bonchev–Trinajstić information content (AvgIpc) is 2.46. The van der Waals surface area contributed by atoms with E-state index in [1.807, 2.05) is 0 Å². The van der Waals surface area contributed by atoms with Gasteiger partial charge in [0, 0.05) is 6.54 Å². The molecule has 0 atom stereocenters. The predicted molar refractivity (Wildman–Crippen MR) is 78.0 cm³/mol. The number of nitrogens with zero attached hydrogens (tertiary/aromatic N) is 1. The highest BCUT2D eigenvalue weighted by atomic mass is 14.9. The van der Waals surface area contributed by atoms with Crippen LogP contribution in [0.3, 0.4) is 0 Å². The van der Waals surface area contributed by atoms with Crippen LogP contribution in [0.25, 0.3) is 0 Å². The van der Waals surface area contributed by atoms with E-state index in [0.29, 0.717) is 0 Å². The van der Waals surface area contributed by atoms with E-state index in [0.717, 1.165) is 31.6 Å². The molecule has 2 N–H and O–H groups in total. The summed E-state index contributed by atoms with van der Waals surface area (Å²) in [6.45, 7) is 2.99. The second-order valence-electron chi connectivity index (χ2n) is 5.28. The fourth-order valence-corrected chi connectivity index (χ4v) is 2.99. The summed E-state index contributed by atoms with van der Waals surface area (Å²) in [6.07, 6.45) is 7.21. The smallest absolute Gasteiger partial charge is 0.104 e. The summed E-state index contributed by atoms with van der Waals surface area (Å²) in [7, 11) is 0. The monoisotopic (exact) mass is 244 g/mol. The fraction of sp³-hybridized carbons (Fsp3) is 0.562. The highest BCUT2D eigenvalue weighted by Crippen LogP contribution is 2.39. The van der Waals surface area contributed by atoms with Crippen LogP contribution in [-0.2, 0) is 5.41 Å². The number of benzene rings is 1. The molecule has 0 saturated heterocycles. The van der Waals surface area contributed by atoms with E-state index in [9.17, 15) is 0 Å². The number of rotatable bonds is 4. The van der Waals surface area contributed by atoms with Gasteiger partial charge in [-0.05, 0) is 24.8 Å². The van der Waals surface area contributed by atoms with Gasteiger partial charge in [-0.15, -0.1) is 0 Å². The van der Waals surface area contributed by atoms with Gasteiger partial charge >= 0.3 is 0 Å². The SMILES string of the molecule is CCCN=C(N)C1(c2ccccc2)CCCCC1. The summed E-state index contributed by atoms with van der Waals surface area (Å²) < 4.78 is 0. The Morgan fingerprint density at radius 3 is 2.44 bits per heavy atom. The first-order chi connectivity index (χ1) is 8.79. The van der Waals surface area contributed by atoms with E-state index in [4.69, 9.17) is 5.73 Å². The lowest BCUT2D eigenvalue weighted by Gasteiger charge is -2.37. The third kappa shape index (κ3) is 2.58. The van der Waals surface area contributed by atoms with Crippen molar-refractivity contribution < 1.29 is 0 Å². The molecule has 1 fully saturated rings. The number of amidine groups is 1. The van der Waals surface area contributed by atoms with Crippen molar-refractivity contribution in [1.82, 2.24) is 0 Å². The maximum Gasteiger partial charge on any atom is 0.104 e. The minimum atomic E-state index is 0.00861. The summed E-state index contributed by atoms with van der Waals surface area (Å²) in [6, 6.07) is 10.7. The van der Waals surface area contributed by atoms with Crippen molar-refractivity contribution in [2.45, 2.75) is 50.9 Å². The Labute approximate surface area is 110 Å². The van der Waals surface area contributed by atoms with Crippen molar-refractivity contribution >= 4 is 5.84 Å². The molecule has 0 amide bonds. The van der Waals surface area contributed by atoms with E-state index in [2.05, 4.69) is 42.2 Å². The molecule has 0 radical (unpaired) electrons. The van der Waals surface area contributed by atoms with Crippen LogP contribution >= 0.6 is 0 Å². The van der Waals surface area contributed by atoms with Crippen molar-refractivity contribution in [3.8, 4) is 0 Å². The van der Waals surface area contributed by atoms with Gasteiger partial charge in [0.05, 0.1) is 5.41 Å². The second kappa shape index (κ2) is 6.03. The maximum atomic E-state index is 6.35. The van der Waals surface area contributed by atoms with Crippen LogP contribution in [0, 0.1) is 0 Å². The zero-order valence-corrected chi connectivity index (χ0v) is 11.4. The van der Waals surface area contributed by atoms with Crippen molar-refractivity contribution in [2.75, 3.05) is 6.54 Å². The van der Waals surface area contributed by atoms with Gasteiger partial charge in [0.15, 0.2) is 0 Å². The number of hydrogen-bond donors (Lipinski definition) is 1. The molecule has 1 aromatic rings. The Hall–Kier alpha value is -1.31. The molecule has 2 heteroatoms. The van der Waals surface area contributed by atoms with E-state index in [1.165, 1.54) is 24.8 Å². The molecule has 2 rings (SSSR count). The van der Waals surface area contributed by atoms with Gasteiger partial charge in [0.25, 0.3) is 0 Å². The zero-order valence-electron chi connectivity index (χ0n) is 11.4. The van der Waals surface area contributed by atoms with Gasteiger partial charge in [0.2, 0.25) is 0 Å². The van der Waals surface area contributed by atoms with Gasteiger partial charge in [-0.1, -0.05) is 56.5 Å². The molecule has 0 heterocycles. The molecule has 1 aromatic carbocycles. The fourth-order valence-electron chi connectivity index (χ4n) is 2.99. The van der Waals surface area contributed by atoms with Crippen LogP contribution in [0.4, 0.5) is 0 Å². The van der Waals surface area contributed by atoms with Crippen molar-refractivity contribution in [1.29, 1.82) is 0 Å². The van der Waals surface area contributed by atoms with Gasteiger partial charge in [0.1, 0.15) is 5.84 Å². The minimum Gasteiger partial charge on any atom is -0.387 e. The molecule has 98 valence electrons. The summed E-state index contributed by atoms with van der Waals surface area (Å²) in [5, 5.41) is 0. The largest absolute Gasteiger partial charge is 0.387 e. The molecule has 1 aliphatic rings. The topological polar surface area (TPSA) is 38.4 Å². The number of aliphatic imine (C=N–C) groups is 1. The first kappa shape index (κ1) is 13.1. The maximum absolute atomic E-state index is 6.35. The Morgan fingerprint density at radius 2 is 1.83 bits per heavy atom. The van der Waals surface area contributed by atoms with Crippen LogP contribution in [0.15, 0.2) is 35.3 Å². The summed E-state index contributed by atoms with van der Waals surface area (Å²) in [5.41, 5.74) is 7.71. The van der Waals surface area contributed by atoms with Crippen molar-refractivity contribution in [3.63, 3.8) is 0 Å². The van der Waals surface area contributed by atoms with E-state index in [-0.39, 0.29) is 5.41 Å². The van der Waals surface area contributed by atoms with E-state index >= 15 is 0 Å². The molecule has 1 aliphatic carbocycles. The van der Waals surface area contributed by atoms with Gasteiger partial charge < -0.3 is 5.73 Å². The molecule has 0 spiro atoms. The zero-order chi connectivity index (χ0) is 12.8. The third-order valence-electron chi connectivity index (χ3n) is 4.03. The molecular formula is C16H24N2. The number of hydrogen-bond acceptors (Lipinski definition) is 1. The highest BCUT2D eigenvalue weighted by Gasteiger charge is 2.37. The second-order valence-corrected chi connectivity index (χ2v) is 5.28. The summed E-state index contributed by atoms with van der Waals surface area (Å²) in [4.78, 5) is 4.61. The van der Waals surface area contributed by atoms with Crippen molar-refractivity contribution in [3.05, 3.63) is 35.9 Å². The first-order valence-electron chi connectivity index (χ1n) is 7.15. The first-order valence-corrected chi connectivity index (χ1v) is 7.15. The lowest BCUT2D eigenvalue weighted by Crippen LogP contribution is -2.43. The summed E-state index contributed by atoms with van der Waals surface area (Å²) in [5.74, 6) is 0.857. The van der Waals surface area contributed by atoms with Gasteiger partial charge in [-0.2, -0.15) is 0 Å². The molecule has 2 nitrogen and oxygen atoms in total. The van der Waals surface area contributed by atoms with E-state index in [1.54, 1.807) is 0 Å². The van der Waals surface area contributed by atoms with Crippen molar-refractivity contribution in [2.24, 2.45) is 10.7 Å². The van der Waals surface area contributed by atoms with Crippen LogP contribution in [0.2, 0.25) is 0 Å². The molecule has 0 aromatic heterocycles. The normalized spacial score (nSPS) is 19.7. The van der Waals surface area contributed by atoms with E-state index < -0.39 is 0 Å². The standard InChI is InChI=1S/C16H24N2/c1-2-13-18-15(17)16(11-7-4-8-12-16)14-9-5-3-6-10-14/h3,5-6,9-10H,2,4,7-8,11-13H2,1H3,(H2,17,18). The minimum absolute atomic E-state index is 0.00861. The highest BCUT2D eigenvalue weighted by molar-refractivity contribution is 5.91. The number of nitrogens with two attached hydrogens (primary N) is 1. The third-order valence-corrected chi connectivity index (χ3v) is 4.03. The lowest BCUT2D eigenvalue weighted by atomic mass is 9.68. The molecule has 18 heavy (non-hydrogen) atoms. The quantitative estimate of drug-likeness (QED) is 0.637. The lowest BCUT2D eigenvalue weighted by molar-refractivity contribution is 0.377. The van der Waals surface area contributed by atoms with Crippen LogP contribution < -0.4 is 5.73 Å². The van der Waals surface area contributed by atoms with Crippen LogP contribution in [0.1, 0.15) is 51.0 Å². The van der Waals surface area contributed by atoms with Gasteiger partial charge in [-0.3, -0.25) is 4.99 Å². The molecular weight excluding hydrogens is 220 g/mol. The molecule has 0 unspecified atom stereocenters. The molecule has 0 aliphatic heterocycles. The Balaban J connectivity index is 2.34. The van der Waals surface area contributed by atoms with Crippen LogP contribution in [0.5, 0.6) is 0 Å². The Kier molecular flexibility index (Phi) is 4.40. The Morgan fingerprint density at radius 1 is 1.17 bits per heavy atom. The molecule has 1 saturated carbocycles. The Bertz CT molecular complexity index is 389. The van der Waals surface area contributed by atoms with Crippen LogP contribution in [-0.4, -0.2) is 12.4 Å². The summed E-state index contributed by atoms with van der Waals surface area (Å²) >= 11 is 0. The average molecular weight is 244 g/mol. The predicted octanol–water partition coefficient (Wildman–Crippen LogP) is 3.66. The van der Waals surface area contributed by atoms with Gasteiger partial charge in [-0.25, -0.2) is 0 Å². The molecule has 0 bridgehead atoms.